The Morgan fingerprint density at radius 1 is 0.619 bits per heavy atom. The highest BCUT2D eigenvalue weighted by molar-refractivity contribution is 14.3. The number of hydrogen-bond donors (Lipinski definition) is 0. The Hall–Kier alpha value is 1.60. The molecule has 4 atom stereocenters. The standard InChI is InChI=1S/C16H36I2N2Si/c1-9-13(5)19(14(6)10-2)21(17,18)20(15(7)11-3)16(8)12-4/h13-16H,9-12H2,1-8H3. The summed E-state index contributed by atoms with van der Waals surface area (Å²) in [5, 5.41) is 0. The quantitative estimate of drug-likeness (QED) is 0.189. The third-order valence-electron chi connectivity index (χ3n) is 4.88. The van der Waals surface area contributed by atoms with E-state index in [0.29, 0.717) is 24.2 Å². The van der Waals surface area contributed by atoms with Crippen LogP contribution in [-0.4, -0.2) is 36.7 Å². The first-order valence-electron chi connectivity index (χ1n) is 8.63. The Balaban J connectivity index is 5.66. The third-order valence-corrected chi connectivity index (χ3v) is 14.6. The van der Waals surface area contributed by atoms with E-state index >= 15 is 0 Å². The maximum absolute atomic E-state index is 2.87. The number of nitrogens with zero attached hydrogens (tertiary/aromatic N) is 2. The van der Waals surface area contributed by atoms with Gasteiger partial charge in [0.25, 0.3) is 0 Å². The molecule has 0 fully saturated rings. The highest BCUT2D eigenvalue weighted by atomic mass is 127. The fourth-order valence-corrected chi connectivity index (χ4v) is 17.4. The second-order valence-corrected chi connectivity index (χ2v) is 23.6. The van der Waals surface area contributed by atoms with Crippen molar-refractivity contribution in [1.29, 1.82) is 0 Å². The molecule has 4 unspecified atom stereocenters. The molecule has 0 saturated heterocycles. The zero-order chi connectivity index (χ0) is 16.8. The van der Waals surface area contributed by atoms with Gasteiger partial charge >= 0.3 is 3.39 Å². The largest absolute Gasteiger partial charge is 0.343 e. The molecule has 0 radical (unpaired) electrons. The summed E-state index contributed by atoms with van der Waals surface area (Å²) in [5.41, 5.74) is 0. The van der Waals surface area contributed by atoms with Crippen molar-refractivity contribution in [2.24, 2.45) is 0 Å². The van der Waals surface area contributed by atoms with Crippen molar-refractivity contribution in [3.05, 3.63) is 0 Å². The minimum atomic E-state index is -1.69. The van der Waals surface area contributed by atoms with Gasteiger partial charge in [0.1, 0.15) is 0 Å². The van der Waals surface area contributed by atoms with E-state index in [1.807, 2.05) is 0 Å². The summed E-state index contributed by atoms with van der Waals surface area (Å²) in [6.07, 6.45) is 4.94. The van der Waals surface area contributed by atoms with E-state index in [1.54, 1.807) is 0 Å². The lowest BCUT2D eigenvalue weighted by Gasteiger charge is -2.51. The van der Waals surface area contributed by atoms with Crippen molar-refractivity contribution in [3.63, 3.8) is 0 Å². The number of hydrogen-bond acceptors (Lipinski definition) is 2. The van der Waals surface area contributed by atoms with Crippen molar-refractivity contribution in [3.8, 4) is 0 Å². The van der Waals surface area contributed by atoms with E-state index in [2.05, 4.69) is 108 Å². The van der Waals surface area contributed by atoms with Gasteiger partial charge in [-0.25, -0.2) is 0 Å². The van der Waals surface area contributed by atoms with Gasteiger partial charge in [-0.05, 0) is 25.7 Å². The Bertz CT molecular complexity index is 243. The maximum atomic E-state index is 2.87. The first kappa shape index (κ1) is 22.6. The Labute approximate surface area is 160 Å². The van der Waals surface area contributed by atoms with Crippen LogP contribution in [0.3, 0.4) is 0 Å². The lowest BCUT2D eigenvalue weighted by atomic mass is 10.2. The summed E-state index contributed by atoms with van der Waals surface area (Å²) < 4.78 is 4.04. The number of rotatable bonds is 10. The molecule has 21 heavy (non-hydrogen) atoms. The molecule has 0 aromatic rings. The molecule has 0 rings (SSSR count). The van der Waals surface area contributed by atoms with E-state index in [0.717, 1.165) is 0 Å². The van der Waals surface area contributed by atoms with Crippen LogP contribution in [0.5, 0.6) is 0 Å². The van der Waals surface area contributed by atoms with Crippen LogP contribution in [0.1, 0.15) is 81.1 Å². The van der Waals surface area contributed by atoms with Gasteiger partial charge in [-0.1, -0.05) is 99.0 Å². The molecule has 0 aliphatic rings. The lowest BCUT2D eigenvalue weighted by molar-refractivity contribution is 0.196. The molecular formula is C16H36I2N2Si. The summed E-state index contributed by atoms with van der Waals surface area (Å²) in [6, 6.07) is 2.65. The minimum Gasteiger partial charge on any atom is -0.291 e. The molecule has 128 valence electrons. The van der Waals surface area contributed by atoms with Gasteiger partial charge in [0, 0.05) is 24.2 Å². The average Bonchev–Trinajstić information content (AvgIpc) is 2.45. The molecule has 0 aromatic heterocycles. The minimum absolute atomic E-state index is 0.663. The van der Waals surface area contributed by atoms with Gasteiger partial charge in [-0.2, -0.15) is 0 Å². The maximum Gasteiger partial charge on any atom is 0.343 e. The second-order valence-electron chi connectivity index (χ2n) is 6.35. The van der Waals surface area contributed by atoms with Gasteiger partial charge in [-0.3, -0.25) is 9.13 Å². The van der Waals surface area contributed by atoms with Crippen LogP contribution in [0.15, 0.2) is 0 Å². The Kier molecular flexibility index (Phi) is 11.3. The smallest absolute Gasteiger partial charge is 0.291 e. The van der Waals surface area contributed by atoms with Crippen LogP contribution in [0, 0.1) is 0 Å². The predicted molar refractivity (Wildman–Crippen MR) is 116 cm³/mol. The van der Waals surface area contributed by atoms with E-state index in [4.69, 9.17) is 0 Å². The first-order chi connectivity index (χ1) is 9.68. The molecule has 0 heterocycles. The van der Waals surface area contributed by atoms with Crippen molar-refractivity contribution < 1.29 is 0 Å². The van der Waals surface area contributed by atoms with Crippen LogP contribution in [0.2, 0.25) is 0 Å². The molecule has 0 bridgehead atoms. The van der Waals surface area contributed by atoms with E-state index in [1.165, 1.54) is 25.7 Å². The summed E-state index contributed by atoms with van der Waals surface area (Å²) in [6.45, 7) is 19.0. The van der Waals surface area contributed by atoms with Gasteiger partial charge in [0.15, 0.2) is 0 Å². The highest BCUT2D eigenvalue weighted by Crippen LogP contribution is 2.39. The van der Waals surface area contributed by atoms with Crippen molar-refractivity contribution in [2.75, 3.05) is 0 Å². The van der Waals surface area contributed by atoms with E-state index in [9.17, 15) is 0 Å². The van der Waals surface area contributed by atoms with Crippen molar-refractivity contribution >= 4 is 47.0 Å². The Morgan fingerprint density at radius 2 is 0.810 bits per heavy atom. The van der Waals surface area contributed by atoms with Gasteiger partial charge in [-0.15, -0.1) is 0 Å². The van der Waals surface area contributed by atoms with Gasteiger partial charge in [0.05, 0.1) is 0 Å². The summed E-state index contributed by atoms with van der Waals surface area (Å²) in [7, 11) is 0. The zero-order valence-electron chi connectivity index (χ0n) is 15.3. The first-order valence-corrected chi connectivity index (χ1v) is 16.8. The molecule has 0 saturated carbocycles. The predicted octanol–water partition coefficient (Wildman–Crippen LogP) is 6.09. The molecule has 0 spiro atoms. The van der Waals surface area contributed by atoms with Gasteiger partial charge in [0.2, 0.25) is 0 Å². The molecule has 0 N–H and O–H groups in total. The van der Waals surface area contributed by atoms with Crippen LogP contribution in [0.4, 0.5) is 0 Å². The van der Waals surface area contributed by atoms with Crippen LogP contribution < -0.4 is 0 Å². The monoisotopic (exact) mass is 538 g/mol. The molecule has 0 aromatic carbocycles. The molecule has 5 heteroatoms. The molecule has 0 amide bonds. The van der Waals surface area contributed by atoms with Crippen LogP contribution in [0.25, 0.3) is 0 Å². The fraction of sp³-hybridized carbons (Fsp3) is 1.00. The SMILES string of the molecule is CCC(C)N(C(C)CC)[Si](I)(I)N(C(C)CC)C(C)CC. The Morgan fingerprint density at radius 3 is 0.952 bits per heavy atom. The van der Waals surface area contributed by atoms with Gasteiger partial charge < -0.3 is 0 Å². The lowest BCUT2D eigenvalue weighted by Crippen LogP contribution is -2.66. The molecular weight excluding hydrogens is 502 g/mol. The van der Waals surface area contributed by atoms with Crippen LogP contribution >= 0.6 is 43.6 Å². The average molecular weight is 538 g/mol. The normalized spacial score (nSPS) is 18.9. The topological polar surface area (TPSA) is 6.48 Å². The summed E-state index contributed by atoms with van der Waals surface area (Å²) in [4.78, 5) is 0. The zero-order valence-corrected chi connectivity index (χ0v) is 20.6. The van der Waals surface area contributed by atoms with Crippen molar-refractivity contribution in [1.82, 2.24) is 9.13 Å². The molecule has 0 aliphatic heterocycles. The summed E-state index contributed by atoms with van der Waals surface area (Å²) >= 11 is 5.66. The third kappa shape index (κ3) is 5.87. The highest BCUT2D eigenvalue weighted by Gasteiger charge is 2.48. The number of halogens is 2. The molecule has 0 aliphatic carbocycles. The van der Waals surface area contributed by atoms with Crippen LogP contribution in [-0.2, 0) is 0 Å². The fourth-order valence-electron chi connectivity index (χ4n) is 2.85. The van der Waals surface area contributed by atoms with E-state index < -0.39 is 3.39 Å². The summed E-state index contributed by atoms with van der Waals surface area (Å²) in [5.74, 6) is 0. The second kappa shape index (κ2) is 10.5. The van der Waals surface area contributed by atoms with Crippen molar-refractivity contribution in [2.45, 2.75) is 105 Å². The van der Waals surface area contributed by atoms with E-state index in [-0.39, 0.29) is 0 Å². The molecule has 2 nitrogen and oxygen atoms in total.